The van der Waals surface area contributed by atoms with Gasteiger partial charge in [-0.2, -0.15) is 18.2 Å². The highest BCUT2D eigenvalue weighted by Gasteiger charge is 2.33. The molecule has 1 heterocycles. The normalized spacial score (nSPS) is 11.5. The maximum absolute atomic E-state index is 13.0. The van der Waals surface area contributed by atoms with Gasteiger partial charge in [-0.15, -0.1) is 0 Å². The molecule has 0 saturated heterocycles. The van der Waals surface area contributed by atoms with Crippen molar-refractivity contribution in [2.75, 3.05) is 11.1 Å². The lowest BCUT2D eigenvalue weighted by Crippen LogP contribution is -2.12. The molecule has 0 aliphatic heterocycles. The first-order valence-corrected chi connectivity index (χ1v) is 6.05. The van der Waals surface area contributed by atoms with E-state index in [1.807, 2.05) is 0 Å². The summed E-state index contributed by atoms with van der Waals surface area (Å²) in [6, 6.07) is 2.53. The Balaban J connectivity index is 2.43. The van der Waals surface area contributed by atoms with Crippen molar-refractivity contribution in [3.8, 4) is 0 Å². The molecule has 112 valence electrons. The van der Waals surface area contributed by atoms with Crippen LogP contribution in [0.3, 0.4) is 0 Å². The van der Waals surface area contributed by atoms with E-state index in [4.69, 9.17) is 28.9 Å². The minimum absolute atomic E-state index is 0.00552. The van der Waals surface area contributed by atoms with Crippen molar-refractivity contribution in [3.63, 3.8) is 0 Å². The van der Waals surface area contributed by atoms with Crippen molar-refractivity contribution in [2.24, 2.45) is 0 Å². The van der Waals surface area contributed by atoms with E-state index in [1.54, 1.807) is 0 Å². The SMILES string of the molecule is Nc1nc(Nc2c(Cl)cc(F)cc2Cl)cc(C(F)(F)F)n1. The molecule has 0 atom stereocenters. The topological polar surface area (TPSA) is 63.8 Å². The summed E-state index contributed by atoms with van der Waals surface area (Å²) in [4.78, 5) is 6.67. The maximum Gasteiger partial charge on any atom is 0.433 e. The molecule has 2 rings (SSSR count). The molecule has 0 aliphatic rings. The van der Waals surface area contributed by atoms with Crippen molar-refractivity contribution >= 4 is 40.7 Å². The number of nitrogen functional groups attached to an aromatic ring is 1. The summed E-state index contributed by atoms with van der Waals surface area (Å²) < 4.78 is 50.9. The fourth-order valence-corrected chi connectivity index (χ4v) is 2.02. The summed E-state index contributed by atoms with van der Waals surface area (Å²) in [6.07, 6.45) is -4.69. The molecule has 1 aromatic carbocycles. The van der Waals surface area contributed by atoms with Crippen LogP contribution in [0.25, 0.3) is 0 Å². The number of nitrogens with one attached hydrogen (secondary N) is 1. The van der Waals surface area contributed by atoms with Gasteiger partial charge in [0, 0.05) is 6.07 Å². The van der Waals surface area contributed by atoms with Crippen LogP contribution in [-0.2, 0) is 6.18 Å². The predicted molar refractivity (Wildman–Crippen MR) is 71.1 cm³/mol. The zero-order chi connectivity index (χ0) is 15.8. The van der Waals surface area contributed by atoms with Gasteiger partial charge in [0.15, 0.2) is 5.69 Å². The van der Waals surface area contributed by atoms with Crippen LogP contribution < -0.4 is 11.1 Å². The van der Waals surface area contributed by atoms with Crippen LogP contribution in [0.2, 0.25) is 10.0 Å². The van der Waals surface area contributed by atoms with E-state index in [1.165, 1.54) is 0 Å². The Hall–Kier alpha value is -1.80. The van der Waals surface area contributed by atoms with E-state index < -0.39 is 23.6 Å². The Labute approximate surface area is 125 Å². The van der Waals surface area contributed by atoms with Crippen LogP contribution in [0.4, 0.5) is 35.0 Å². The standard InChI is InChI=1S/C11H6Cl2F4N4/c12-5-1-4(14)2-6(13)9(5)20-8-3-7(11(15,16)17)19-10(18)21-8/h1-3H,(H3,18,19,20,21). The largest absolute Gasteiger partial charge is 0.433 e. The minimum Gasteiger partial charge on any atom is -0.368 e. The van der Waals surface area contributed by atoms with Gasteiger partial charge in [-0.1, -0.05) is 23.2 Å². The second-order valence-corrected chi connectivity index (χ2v) is 4.68. The Morgan fingerprint density at radius 1 is 1.05 bits per heavy atom. The van der Waals surface area contributed by atoms with E-state index in [0.717, 1.165) is 12.1 Å². The molecule has 10 heteroatoms. The number of nitrogens with zero attached hydrogens (tertiary/aromatic N) is 2. The fourth-order valence-electron chi connectivity index (χ4n) is 1.46. The summed E-state index contributed by atoms with van der Waals surface area (Å²) in [6.45, 7) is 0. The van der Waals surface area contributed by atoms with E-state index >= 15 is 0 Å². The van der Waals surface area contributed by atoms with Crippen molar-refractivity contribution in [1.82, 2.24) is 9.97 Å². The second-order valence-electron chi connectivity index (χ2n) is 3.86. The molecule has 0 amide bonds. The van der Waals surface area contributed by atoms with Gasteiger partial charge in [0.25, 0.3) is 0 Å². The highest BCUT2D eigenvalue weighted by atomic mass is 35.5. The van der Waals surface area contributed by atoms with Crippen molar-refractivity contribution in [3.05, 3.63) is 39.8 Å². The number of nitrogens with two attached hydrogens (primary N) is 1. The van der Waals surface area contributed by atoms with Gasteiger partial charge in [0.2, 0.25) is 5.95 Å². The third-order valence-corrected chi connectivity index (χ3v) is 2.89. The zero-order valence-electron chi connectivity index (χ0n) is 9.97. The van der Waals surface area contributed by atoms with Crippen LogP contribution in [0.1, 0.15) is 5.69 Å². The Morgan fingerprint density at radius 3 is 2.14 bits per heavy atom. The van der Waals surface area contributed by atoms with Gasteiger partial charge in [-0.05, 0) is 12.1 Å². The summed E-state index contributed by atoms with van der Waals surface area (Å²) in [7, 11) is 0. The molecule has 0 spiro atoms. The molecule has 0 bridgehead atoms. The molecule has 21 heavy (non-hydrogen) atoms. The quantitative estimate of drug-likeness (QED) is 0.801. The van der Waals surface area contributed by atoms with E-state index in [0.29, 0.717) is 6.07 Å². The van der Waals surface area contributed by atoms with Crippen LogP contribution >= 0.6 is 23.2 Å². The van der Waals surface area contributed by atoms with E-state index in [9.17, 15) is 17.6 Å². The number of alkyl halides is 3. The molecule has 0 saturated carbocycles. The van der Waals surface area contributed by atoms with Gasteiger partial charge in [-0.25, -0.2) is 9.37 Å². The molecule has 0 fully saturated rings. The molecule has 0 radical (unpaired) electrons. The molecule has 1 aromatic heterocycles. The van der Waals surface area contributed by atoms with Crippen LogP contribution in [0.5, 0.6) is 0 Å². The Bertz CT molecular complexity index is 667. The lowest BCUT2D eigenvalue weighted by molar-refractivity contribution is -0.141. The number of hydrogen-bond donors (Lipinski definition) is 2. The molecule has 0 unspecified atom stereocenters. The fraction of sp³-hybridized carbons (Fsp3) is 0.0909. The predicted octanol–water partition coefficient (Wildman–Crippen LogP) is 4.27. The van der Waals surface area contributed by atoms with Gasteiger partial charge < -0.3 is 11.1 Å². The van der Waals surface area contributed by atoms with Gasteiger partial charge >= 0.3 is 6.18 Å². The second kappa shape index (κ2) is 5.53. The third-order valence-electron chi connectivity index (χ3n) is 2.29. The van der Waals surface area contributed by atoms with Gasteiger partial charge in [-0.3, -0.25) is 0 Å². The number of hydrogen-bond acceptors (Lipinski definition) is 4. The van der Waals surface area contributed by atoms with E-state index in [2.05, 4.69) is 15.3 Å². The van der Waals surface area contributed by atoms with Crippen molar-refractivity contribution in [1.29, 1.82) is 0 Å². The van der Waals surface area contributed by atoms with Gasteiger partial charge in [0.05, 0.1) is 15.7 Å². The highest BCUT2D eigenvalue weighted by Crippen LogP contribution is 2.35. The molecule has 0 aliphatic carbocycles. The smallest absolute Gasteiger partial charge is 0.368 e. The average Bonchev–Trinajstić information content (AvgIpc) is 2.32. The first-order chi connectivity index (χ1) is 9.66. The minimum atomic E-state index is -4.69. The summed E-state index contributed by atoms with van der Waals surface area (Å²) in [5.74, 6) is -1.54. The number of anilines is 3. The van der Waals surface area contributed by atoms with Gasteiger partial charge in [0.1, 0.15) is 11.6 Å². The maximum atomic E-state index is 13.0. The van der Waals surface area contributed by atoms with Crippen molar-refractivity contribution in [2.45, 2.75) is 6.18 Å². The van der Waals surface area contributed by atoms with E-state index in [-0.39, 0.29) is 21.6 Å². The molecule has 4 nitrogen and oxygen atoms in total. The lowest BCUT2D eigenvalue weighted by Gasteiger charge is -2.12. The number of benzene rings is 1. The molecule has 2 aromatic rings. The highest BCUT2D eigenvalue weighted by molar-refractivity contribution is 6.39. The number of rotatable bonds is 2. The monoisotopic (exact) mass is 340 g/mol. The third kappa shape index (κ3) is 3.64. The summed E-state index contributed by atoms with van der Waals surface area (Å²) >= 11 is 11.5. The lowest BCUT2D eigenvalue weighted by atomic mass is 10.3. The Kier molecular flexibility index (Phi) is 4.11. The van der Waals surface area contributed by atoms with Crippen molar-refractivity contribution < 1.29 is 17.6 Å². The summed E-state index contributed by atoms with van der Waals surface area (Å²) in [5.41, 5.74) is 4.00. The first-order valence-electron chi connectivity index (χ1n) is 5.30. The zero-order valence-corrected chi connectivity index (χ0v) is 11.5. The molecular formula is C11H6Cl2F4N4. The first kappa shape index (κ1) is 15.6. The van der Waals surface area contributed by atoms with Crippen LogP contribution in [0, 0.1) is 5.82 Å². The summed E-state index contributed by atoms with van der Waals surface area (Å²) in [5, 5.41) is 2.22. The molecule has 3 N–H and O–H groups in total. The Morgan fingerprint density at radius 2 is 1.62 bits per heavy atom. The average molecular weight is 341 g/mol. The number of halogens is 6. The van der Waals surface area contributed by atoms with Crippen LogP contribution in [-0.4, -0.2) is 9.97 Å². The number of aromatic nitrogens is 2. The van der Waals surface area contributed by atoms with Crippen LogP contribution in [0.15, 0.2) is 18.2 Å². The molecular weight excluding hydrogens is 335 g/mol.